The van der Waals surface area contributed by atoms with E-state index in [9.17, 15) is 4.79 Å². The van der Waals surface area contributed by atoms with E-state index in [1.165, 1.54) is 0 Å². The number of aromatic nitrogens is 6. The van der Waals surface area contributed by atoms with E-state index >= 15 is 0 Å². The summed E-state index contributed by atoms with van der Waals surface area (Å²) in [5.74, 6) is 1.62. The van der Waals surface area contributed by atoms with Gasteiger partial charge < -0.3 is 15.4 Å². The molecule has 10 heteroatoms. The van der Waals surface area contributed by atoms with Crippen LogP contribution in [0.2, 0.25) is 0 Å². The van der Waals surface area contributed by atoms with Gasteiger partial charge in [-0.1, -0.05) is 0 Å². The fourth-order valence-electron chi connectivity index (χ4n) is 2.61. The topological polar surface area (TPSA) is 120 Å². The van der Waals surface area contributed by atoms with Gasteiger partial charge in [0.25, 0.3) is 5.91 Å². The molecule has 0 aliphatic heterocycles. The second kappa shape index (κ2) is 8.78. The molecule has 0 spiro atoms. The van der Waals surface area contributed by atoms with Crippen LogP contribution in [0.25, 0.3) is 5.82 Å². The minimum absolute atomic E-state index is 0.154. The number of nitrogens with one attached hydrogen (secondary N) is 2. The van der Waals surface area contributed by atoms with E-state index < -0.39 is 0 Å². The average Bonchev–Trinajstić information content (AvgIpc) is 3.29. The van der Waals surface area contributed by atoms with Gasteiger partial charge in [0.2, 0.25) is 0 Å². The van der Waals surface area contributed by atoms with Crippen molar-refractivity contribution in [2.24, 2.45) is 0 Å². The molecule has 0 radical (unpaired) electrons. The zero-order valence-electron chi connectivity index (χ0n) is 16.1. The van der Waals surface area contributed by atoms with Crippen molar-refractivity contribution in [3.05, 3.63) is 73.1 Å². The molecule has 0 saturated carbocycles. The summed E-state index contributed by atoms with van der Waals surface area (Å²) >= 11 is 0. The molecule has 0 aliphatic rings. The Labute approximate surface area is 172 Å². The van der Waals surface area contributed by atoms with Crippen LogP contribution < -0.4 is 15.4 Å². The third-order valence-corrected chi connectivity index (χ3v) is 3.88. The number of nitrogens with zero attached hydrogens (tertiary/aromatic N) is 6. The molecule has 0 fully saturated rings. The fraction of sp³-hybridized carbons (Fsp3) is 0.100. The van der Waals surface area contributed by atoms with Crippen LogP contribution in [0, 0.1) is 6.92 Å². The van der Waals surface area contributed by atoms with Crippen molar-refractivity contribution in [3.8, 4) is 11.8 Å². The molecular weight excluding hydrogens is 384 g/mol. The molecule has 1 aromatic carbocycles. The van der Waals surface area contributed by atoms with Gasteiger partial charge in [0, 0.05) is 42.2 Å². The number of amides is 1. The summed E-state index contributed by atoms with van der Waals surface area (Å²) in [4.78, 5) is 28.6. The van der Waals surface area contributed by atoms with Crippen LogP contribution in [-0.4, -0.2) is 42.2 Å². The zero-order chi connectivity index (χ0) is 20.8. The van der Waals surface area contributed by atoms with Gasteiger partial charge >= 0.3 is 6.01 Å². The largest absolute Gasteiger partial charge is 0.453 e. The maximum absolute atomic E-state index is 12.0. The average molecular weight is 402 g/mol. The lowest BCUT2D eigenvalue weighted by Gasteiger charge is -2.10. The van der Waals surface area contributed by atoms with E-state index in [1.54, 1.807) is 47.5 Å². The second-order valence-corrected chi connectivity index (χ2v) is 6.18. The van der Waals surface area contributed by atoms with Crippen molar-refractivity contribution in [1.82, 2.24) is 29.7 Å². The number of aryl methyl sites for hydroxylation is 1. The van der Waals surface area contributed by atoms with Gasteiger partial charge in [0.1, 0.15) is 11.6 Å². The molecule has 0 aliphatic carbocycles. The summed E-state index contributed by atoms with van der Waals surface area (Å²) in [5, 5.41) is 10.2. The van der Waals surface area contributed by atoms with Crippen molar-refractivity contribution in [2.75, 3.05) is 17.2 Å². The van der Waals surface area contributed by atoms with Crippen LogP contribution in [-0.2, 0) is 4.79 Å². The Morgan fingerprint density at radius 1 is 1.03 bits per heavy atom. The minimum atomic E-state index is -0.307. The van der Waals surface area contributed by atoms with Crippen LogP contribution in [0.3, 0.4) is 0 Å². The standard InChI is InChI=1S/C20H18N8O2/c1-14-24-17(12-18(25-14)28-11-3-10-23-28)26-15-4-6-16(7-5-15)27-19(29)13-30-20-21-8-2-9-22-20/h2-12H,13H2,1H3,(H,27,29)(H,24,25,26). The van der Waals surface area contributed by atoms with Gasteiger partial charge in [-0.25, -0.2) is 24.6 Å². The van der Waals surface area contributed by atoms with Gasteiger partial charge in [-0.05, 0) is 43.3 Å². The fourth-order valence-corrected chi connectivity index (χ4v) is 2.61. The molecule has 10 nitrogen and oxygen atoms in total. The Bertz CT molecular complexity index is 1120. The van der Waals surface area contributed by atoms with Gasteiger partial charge in [0.15, 0.2) is 12.4 Å². The number of anilines is 3. The first-order chi connectivity index (χ1) is 14.7. The SMILES string of the molecule is Cc1nc(Nc2ccc(NC(=O)COc3ncccn3)cc2)cc(-n2cccn2)n1. The van der Waals surface area contributed by atoms with E-state index in [0.29, 0.717) is 23.1 Å². The molecule has 0 unspecified atom stereocenters. The summed E-state index contributed by atoms with van der Waals surface area (Å²) in [6.45, 7) is 1.64. The first kappa shape index (κ1) is 19.0. The smallest absolute Gasteiger partial charge is 0.316 e. The lowest BCUT2D eigenvalue weighted by Crippen LogP contribution is -2.20. The third-order valence-electron chi connectivity index (χ3n) is 3.88. The molecule has 3 heterocycles. The molecule has 2 N–H and O–H groups in total. The van der Waals surface area contributed by atoms with Crippen molar-refractivity contribution < 1.29 is 9.53 Å². The van der Waals surface area contributed by atoms with E-state index in [0.717, 1.165) is 5.69 Å². The summed E-state index contributed by atoms with van der Waals surface area (Å²) < 4.78 is 6.90. The Balaban J connectivity index is 1.36. The van der Waals surface area contributed by atoms with E-state index in [2.05, 4.69) is 35.7 Å². The summed E-state index contributed by atoms with van der Waals surface area (Å²) in [5.41, 5.74) is 1.45. The number of hydrogen-bond donors (Lipinski definition) is 2. The maximum atomic E-state index is 12.0. The molecule has 150 valence electrons. The highest BCUT2D eigenvalue weighted by atomic mass is 16.5. The number of benzene rings is 1. The van der Waals surface area contributed by atoms with Crippen LogP contribution in [0.1, 0.15) is 5.82 Å². The van der Waals surface area contributed by atoms with Crippen LogP contribution in [0.5, 0.6) is 6.01 Å². The van der Waals surface area contributed by atoms with Crippen LogP contribution in [0.4, 0.5) is 17.2 Å². The first-order valence-corrected chi connectivity index (χ1v) is 9.08. The van der Waals surface area contributed by atoms with Crippen LogP contribution >= 0.6 is 0 Å². The normalized spacial score (nSPS) is 10.4. The molecular formula is C20H18N8O2. The molecule has 0 atom stereocenters. The highest BCUT2D eigenvalue weighted by Crippen LogP contribution is 2.19. The van der Waals surface area contributed by atoms with Crippen molar-refractivity contribution in [2.45, 2.75) is 6.92 Å². The Kier molecular flexibility index (Phi) is 5.56. The van der Waals surface area contributed by atoms with Gasteiger partial charge in [-0.3, -0.25) is 4.79 Å². The maximum Gasteiger partial charge on any atom is 0.316 e. The lowest BCUT2D eigenvalue weighted by atomic mass is 10.2. The molecule has 1 amide bonds. The highest BCUT2D eigenvalue weighted by molar-refractivity contribution is 5.92. The monoisotopic (exact) mass is 402 g/mol. The Hall–Kier alpha value is -4.34. The van der Waals surface area contributed by atoms with E-state index in [-0.39, 0.29) is 18.5 Å². The van der Waals surface area contributed by atoms with Gasteiger partial charge in [-0.15, -0.1) is 0 Å². The quantitative estimate of drug-likeness (QED) is 0.484. The molecule has 3 aromatic heterocycles. The predicted molar refractivity (Wildman–Crippen MR) is 110 cm³/mol. The molecule has 30 heavy (non-hydrogen) atoms. The molecule has 0 saturated heterocycles. The number of rotatable bonds is 7. The molecule has 4 rings (SSSR count). The Morgan fingerprint density at radius 3 is 2.53 bits per heavy atom. The zero-order valence-corrected chi connectivity index (χ0v) is 16.1. The minimum Gasteiger partial charge on any atom is -0.453 e. The number of hydrogen-bond acceptors (Lipinski definition) is 8. The first-order valence-electron chi connectivity index (χ1n) is 9.08. The number of carbonyl (C=O) groups excluding carboxylic acids is 1. The van der Waals surface area contributed by atoms with Gasteiger partial charge in [0.05, 0.1) is 0 Å². The predicted octanol–water partition coefficient (Wildman–Crippen LogP) is 2.52. The van der Waals surface area contributed by atoms with Crippen LogP contribution in [0.15, 0.2) is 67.3 Å². The van der Waals surface area contributed by atoms with Gasteiger partial charge in [-0.2, -0.15) is 5.10 Å². The summed E-state index contributed by atoms with van der Waals surface area (Å²) in [7, 11) is 0. The summed E-state index contributed by atoms with van der Waals surface area (Å²) in [6.07, 6.45) is 6.60. The molecule has 4 aromatic rings. The highest BCUT2D eigenvalue weighted by Gasteiger charge is 2.07. The van der Waals surface area contributed by atoms with Crippen molar-refractivity contribution >= 4 is 23.1 Å². The van der Waals surface area contributed by atoms with Crippen molar-refractivity contribution in [1.29, 1.82) is 0 Å². The lowest BCUT2D eigenvalue weighted by molar-refractivity contribution is -0.118. The third kappa shape index (κ3) is 4.93. The summed E-state index contributed by atoms with van der Waals surface area (Å²) in [6, 6.07) is 12.7. The second-order valence-electron chi connectivity index (χ2n) is 6.18. The van der Waals surface area contributed by atoms with E-state index in [1.807, 2.05) is 31.3 Å². The van der Waals surface area contributed by atoms with E-state index in [4.69, 9.17) is 4.74 Å². The van der Waals surface area contributed by atoms with Crippen molar-refractivity contribution in [3.63, 3.8) is 0 Å². The number of ether oxygens (including phenoxy) is 1. The number of carbonyl (C=O) groups is 1. The molecule has 0 bridgehead atoms. The Morgan fingerprint density at radius 2 is 1.80 bits per heavy atom.